The van der Waals surface area contributed by atoms with Crippen LogP contribution < -0.4 is 10.2 Å². The summed E-state index contributed by atoms with van der Waals surface area (Å²) in [4.78, 5) is 35.5. The molecule has 3 heterocycles. The molecule has 8 nitrogen and oxygen atoms in total. The molecule has 35 heavy (non-hydrogen) atoms. The predicted molar refractivity (Wildman–Crippen MR) is 137 cm³/mol. The molecule has 1 aliphatic heterocycles. The third-order valence-corrected chi connectivity index (χ3v) is 6.74. The molecule has 0 unspecified atom stereocenters. The molecule has 2 amide bonds. The zero-order valence-corrected chi connectivity index (χ0v) is 19.6. The third-order valence-electron chi connectivity index (χ3n) is 6.74. The van der Waals surface area contributed by atoms with E-state index in [0.29, 0.717) is 29.3 Å². The lowest BCUT2D eigenvalue weighted by atomic mass is 9.86. The molecule has 8 heteroatoms. The van der Waals surface area contributed by atoms with Gasteiger partial charge in [0.05, 0.1) is 27.7 Å². The van der Waals surface area contributed by atoms with E-state index >= 15 is 0 Å². The van der Waals surface area contributed by atoms with E-state index in [1.807, 2.05) is 74.2 Å². The van der Waals surface area contributed by atoms with E-state index in [9.17, 15) is 9.59 Å². The number of rotatable bonds is 4. The van der Waals surface area contributed by atoms with Crippen LogP contribution in [0.15, 0.2) is 60.7 Å². The van der Waals surface area contributed by atoms with Gasteiger partial charge in [-0.25, -0.2) is 4.98 Å². The molecular weight excluding hydrogens is 440 g/mol. The Morgan fingerprint density at radius 2 is 1.86 bits per heavy atom. The first-order valence-corrected chi connectivity index (χ1v) is 11.6. The lowest BCUT2D eigenvalue weighted by molar-refractivity contribution is -0.122. The van der Waals surface area contributed by atoms with Crippen molar-refractivity contribution in [1.82, 2.24) is 20.2 Å². The smallest absolute Gasteiger partial charge is 0.255 e. The summed E-state index contributed by atoms with van der Waals surface area (Å²) >= 11 is 0. The standard InChI is InChI=1S/C27H24N6O2/c1-4-33-22-14-21-20(13-18(22)27(2,3)26(33)35)29-24(30-21)23-17-12-16(10-11-19(17)31-32-23)28-25(34)15-8-6-5-7-9-15/h5-14H,4H2,1-3H3,(H,28,34)(H,29,30)(H,31,32). The lowest BCUT2D eigenvalue weighted by Gasteiger charge is -2.18. The van der Waals surface area contributed by atoms with Crippen molar-refractivity contribution in [3.05, 3.63) is 71.8 Å². The Morgan fingerprint density at radius 1 is 1.06 bits per heavy atom. The minimum Gasteiger partial charge on any atom is -0.337 e. The number of imidazole rings is 1. The molecule has 0 bridgehead atoms. The second-order valence-corrected chi connectivity index (χ2v) is 9.30. The van der Waals surface area contributed by atoms with Gasteiger partial charge in [-0.3, -0.25) is 14.7 Å². The number of fused-ring (bicyclic) bond motifs is 3. The minimum absolute atomic E-state index is 0.103. The Kier molecular flexibility index (Phi) is 4.54. The van der Waals surface area contributed by atoms with Crippen molar-refractivity contribution in [1.29, 1.82) is 0 Å². The number of hydrogen-bond donors (Lipinski definition) is 3. The van der Waals surface area contributed by atoms with E-state index in [4.69, 9.17) is 4.98 Å². The number of carbonyl (C=O) groups excluding carboxylic acids is 2. The first-order chi connectivity index (χ1) is 16.9. The number of H-pyrrole nitrogens is 2. The highest BCUT2D eigenvalue weighted by Gasteiger charge is 2.43. The molecule has 0 atom stereocenters. The molecule has 3 N–H and O–H groups in total. The van der Waals surface area contributed by atoms with Crippen LogP contribution in [0.25, 0.3) is 33.5 Å². The lowest BCUT2D eigenvalue weighted by Crippen LogP contribution is -2.35. The van der Waals surface area contributed by atoms with E-state index in [1.165, 1.54) is 0 Å². The number of benzene rings is 3. The molecule has 5 aromatic rings. The molecule has 174 valence electrons. The van der Waals surface area contributed by atoms with Crippen molar-refractivity contribution in [3.8, 4) is 11.5 Å². The van der Waals surface area contributed by atoms with Crippen LogP contribution in [0.5, 0.6) is 0 Å². The Morgan fingerprint density at radius 3 is 2.63 bits per heavy atom. The maximum atomic E-state index is 12.9. The number of hydrogen-bond acceptors (Lipinski definition) is 4. The molecule has 0 fully saturated rings. The van der Waals surface area contributed by atoms with Crippen LogP contribution >= 0.6 is 0 Å². The van der Waals surface area contributed by atoms with Crippen LogP contribution in [-0.2, 0) is 10.2 Å². The van der Waals surface area contributed by atoms with Gasteiger partial charge in [0.25, 0.3) is 5.91 Å². The molecule has 0 radical (unpaired) electrons. The Balaban J connectivity index is 1.40. The zero-order valence-electron chi connectivity index (χ0n) is 19.6. The van der Waals surface area contributed by atoms with E-state index in [0.717, 1.165) is 33.2 Å². The van der Waals surface area contributed by atoms with E-state index in [2.05, 4.69) is 20.5 Å². The van der Waals surface area contributed by atoms with Crippen molar-refractivity contribution >= 4 is 45.1 Å². The number of aromatic amines is 2. The maximum Gasteiger partial charge on any atom is 0.255 e. The largest absolute Gasteiger partial charge is 0.337 e. The Bertz CT molecular complexity index is 1630. The van der Waals surface area contributed by atoms with Gasteiger partial charge in [-0.05, 0) is 68.8 Å². The van der Waals surface area contributed by atoms with Gasteiger partial charge in [-0.1, -0.05) is 18.2 Å². The predicted octanol–water partition coefficient (Wildman–Crippen LogP) is 5.00. The molecule has 1 aliphatic rings. The van der Waals surface area contributed by atoms with Crippen LogP contribution in [0.2, 0.25) is 0 Å². The number of anilines is 2. The fraction of sp³-hybridized carbons (Fsp3) is 0.185. The quantitative estimate of drug-likeness (QED) is 0.348. The van der Waals surface area contributed by atoms with Gasteiger partial charge in [0, 0.05) is 23.2 Å². The molecule has 3 aromatic carbocycles. The summed E-state index contributed by atoms with van der Waals surface area (Å²) in [6.07, 6.45) is 0. The van der Waals surface area contributed by atoms with Crippen molar-refractivity contribution in [3.63, 3.8) is 0 Å². The molecular formula is C27H24N6O2. The van der Waals surface area contributed by atoms with Crippen LogP contribution in [0.3, 0.4) is 0 Å². The van der Waals surface area contributed by atoms with Gasteiger partial charge >= 0.3 is 0 Å². The number of amides is 2. The average molecular weight is 465 g/mol. The van der Waals surface area contributed by atoms with Crippen molar-refractivity contribution < 1.29 is 9.59 Å². The number of likely N-dealkylation sites (N-methyl/N-ethyl adjacent to an activating group) is 1. The van der Waals surface area contributed by atoms with Gasteiger partial charge in [0.1, 0.15) is 5.69 Å². The molecule has 0 saturated heterocycles. The summed E-state index contributed by atoms with van der Waals surface area (Å²) in [6.45, 7) is 6.51. The third kappa shape index (κ3) is 3.21. The summed E-state index contributed by atoms with van der Waals surface area (Å²) in [5, 5.41) is 11.3. The topological polar surface area (TPSA) is 107 Å². The molecule has 0 aliphatic carbocycles. The molecule has 0 spiro atoms. The highest BCUT2D eigenvalue weighted by Crippen LogP contribution is 2.43. The second-order valence-electron chi connectivity index (χ2n) is 9.30. The highest BCUT2D eigenvalue weighted by atomic mass is 16.2. The summed E-state index contributed by atoms with van der Waals surface area (Å²) < 4.78 is 0. The summed E-state index contributed by atoms with van der Waals surface area (Å²) in [7, 11) is 0. The fourth-order valence-corrected chi connectivity index (χ4v) is 4.82. The number of nitrogens with one attached hydrogen (secondary N) is 3. The molecule has 2 aromatic heterocycles. The summed E-state index contributed by atoms with van der Waals surface area (Å²) in [5.41, 5.74) is 5.69. The van der Waals surface area contributed by atoms with Crippen molar-refractivity contribution in [2.45, 2.75) is 26.2 Å². The normalized spacial score (nSPS) is 14.6. The van der Waals surface area contributed by atoms with E-state index < -0.39 is 5.41 Å². The number of aromatic nitrogens is 4. The first-order valence-electron chi connectivity index (χ1n) is 11.6. The van der Waals surface area contributed by atoms with Crippen LogP contribution in [-0.4, -0.2) is 38.5 Å². The van der Waals surface area contributed by atoms with Gasteiger partial charge in [0.2, 0.25) is 5.91 Å². The minimum atomic E-state index is -0.588. The second kappa shape index (κ2) is 7.53. The maximum absolute atomic E-state index is 12.9. The monoisotopic (exact) mass is 464 g/mol. The fourth-order valence-electron chi connectivity index (χ4n) is 4.82. The SMILES string of the molecule is CCN1C(=O)C(C)(C)c2cc3[nH]c(-c4n[nH]c5ccc(NC(=O)c6ccccc6)cc45)nc3cc21. The highest BCUT2D eigenvalue weighted by molar-refractivity contribution is 6.10. The number of nitrogens with zero attached hydrogens (tertiary/aromatic N) is 3. The van der Waals surface area contributed by atoms with Gasteiger partial charge in [0.15, 0.2) is 5.82 Å². The molecule has 6 rings (SSSR count). The van der Waals surface area contributed by atoms with Gasteiger partial charge in [-0.2, -0.15) is 5.10 Å². The first kappa shape index (κ1) is 21.1. The van der Waals surface area contributed by atoms with Gasteiger partial charge in [-0.15, -0.1) is 0 Å². The van der Waals surface area contributed by atoms with Crippen molar-refractivity contribution in [2.75, 3.05) is 16.8 Å². The van der Waals surface area contributed by atoms with Crippen LogP contribution in [0.4, 0.5) is 11.4 Å². The number of carbonyl (C=O) groups is 2. The van der Waals surface area contributed by atoms with Gasteiger partial charge < -0.3 is 15.2 Å². The molecule has 0 saturated carbocycles. The average Bonchev–Trinajstić information content (AvgIpc) is 3.51. The van der Waals surface area contributed by atoms with E-state index in [1.54, 1.807) is 12.1 Å². The van der Waals surface area contributed by atoms with Crippen LogP contribution in [0, 0.1) is 0 Å². The van der Waals surface area contributed by atoms with E-state index in [-0.39, 0.29) is 11.8 Å². The summed E-state index contributed by atoms with van der Waals surface area (Å²) in [5.74, 6) is 0.547. The van der Waals surface area contributed by atoms with Crippen LogP contribution in [0.1, 0.15) is 36.7 Å². The Hall–Kier alpha value is -4.46. The Labute approximate surface area is 201 Å². The zero-order chi connectivity index (χ0) is 24.3. The summed E-state index contributed by atoms with van der Waals surface area (Å²) in [6, 6.07) is 18.7. The van der Waals surface area contributed by atoms with Crippen molar-refractivity contribution in [2.24, 2.45) is 0 Å².